The van der Waals surface area contributed by atoms with Crippen molar-refractivity contribution in [3.05, 3.63) is 53.9 Å². The molecule has 7 nitrogen and oxygen atoms in total. The maximum absolute atomic E-state index is 12.5. The normalized spacial score (nSPS) is 17.9. The lowest BCUT2D eigenvalue weighted by Crippen LogP contribution is -2.41. The number of aliphatic imine (C=N–C) groups is 1. The van der Waals surface area contributed by atoms with Crippen molar-refractivity contribution in [2.75, 3.05) is 13.4 Å². The number of ether oxygens (including phenoxy) is 1. The molecular weight excluding hydrogens is 382 g/mol. The van der Waals surface area contributed by atoms with Gasteiger partial charge in [0.25, 0.3) is 5.91 Å². The Morgan fingerprint density at radius 2 is 2.04 bits per heavy atom. The zero-order valence-corrected chi connectivity index (χ0v) is 16.2. The van der Waals surface area contributed by atoms with E-state index in [1.54, 1.807) is 18.1 Å². The van der Waals surface area contributed by atoms with E-state index < -0.39 is 5.91 Å². The van der Waals surface area contributed by atoms with Crippen LogP contribution in [0.1, 0.15) is 5.69 Å². The number of fused-ring (bicyclic) bond motifs is 1. The van der Waals surface area contributed by atoms with E-state index in [0.29, 0.717) is 10.3 Å². The molecule has 4 rings (SSSR count). The Morgan fingerprint density at radius 3 is 2.74 bits per heavy atom. The number of carbonyl (C=O) groups excluding carboxylic acids is 1. The molecule has 0 saturated carbocycles. The molecule has 136 valence electrons. The highest BCUT2D eigenvalue weighted by atomic mass is 32.2. The summed E-state index contributed by atoms with van der Waals surface area (Å²) in [6.07, 6.45) is 5.47. The Hall–Kier alpha value is -2.78. The third-order valence-electron chi connectivity index (χ3n) is 4.10. The quantitative estimate of drug-likeness (QED) is 0.634. The summed E-state index contributed by atoms with van der Waals surface area (Å²) in [4.78, 5) is 18.2. The molecule has 0 saturated heterocycles. The minimum absolute atomic E-state index is 0.0885. The number of nitrogens with zero attached hydrogens (tertiary/aromatic N) is 4. The van der Waals surface area contributed by atoms with Crippen LogP contribution in [0, 0.1) is 5.41 Å². The summed E-state index contributed by atoms with van der Waals surface area (Å²) in [5, 5.41) is 9.56. The SMILES string of the molecule is COc1ccc(-n2cccc2/C=C2/C(=N)N3C(SC)=NSC3=NC2=O)cc1. The predicted molar refractivity (Wildman–Crippen MR) is 111 cm³/mol. The summed E-state index contributed by atoms with van der Waals surface area (Å²) < 4.78 is 11.4. The van der Waals surface area contributed by atoms with Crippen molar-refractivity contribution in [1.29, 1.82) is 5.41 Å². The van der Waals surface area contributed by atoms with Gasteiger partial charge in [0.1, 0.15) is 11.6 Å². The largest absolute Gasteiger partial charge is 0.497 e. The molecule has 27 heavy (non-hydrogen) atoms. The van der Waals surface area contributed by atoms with Gasteiger partial charge in [-0.05, 0) is 48.7 Å². The first kappa shape index (κ1) is 17.6. The molecule has 0 atom stereocenters. The molecule has 0 spiro atoms. The maximum Gasteiger partial charge on any atom is 0.283 e. The van der Waals surface area contributed by atoms with E-state index in [-0.39, 0.29) is 11.4 Å². The zero-order chi connectivity index (χ0) is 19.0. The number of rotatable bonds is 3. The number of amidine groups is 3. The number of methoxy groups -OCH3 is 1. The van der Waals surface area contributed by atoms with Gasteiger partial charge in [-0.2, -0.15) is 9.39 Å². The zero-order valence-electron chi connectivity index (χ0n) is 14.5. The minimum atomic E-state index is -0.432. The molecule has 2 aliphatic rings. The molecule has 2 aromatic rings. The average Bonchev–Trinajstić information content (AvgIpc) is 3.31. The topological polar surface area (TPSA) is 83.0 Å². The second kappa shape index (κ2) is 7.09. The van der Waals surface area contributed by atoms with Crippen LogP contribution >= 0.6 is 23.7 Å². The number of thioether (sulfide) groups is 1. The first-order valence-electron chi connectivity index (χ1n) is 7.97. The fourth-order valence-electron chi connectivity index (χ4n) is 2.77. The van der Waals surface area contributed by atoms with Gasteiger partial charge < -0.3 is 9.30 Å². The van der Waals surface area contributed by atoms with E-state index in [1.165, 1.54) is 11.8 Å². The molecule has 1 amide bonds. The third kappa shape index (κ3) is 3.08. The number of aromatic nitrogens is 1. The summed E-state index contributed by atoms with van der Waals surface area (Å²) in [6, 6.07) is 11.4. The molecule has 3 heterocycles. The number of nitrogens with one attached hydrogen (secondary N) is 1. The number of amides is 1. The number of hydrogen-bond acceptors (Lipinski definition) is 6. The van der Waals surface area contributed by atoms with Crippen molar-refractivity contribution >= 4 is 51.9 Å². The summed E-state index contributed by atoms with van der Waals surface area (Å²) in [5.41, 5.74) is 1.94. The second-order valence-corrected chi connectivity index (χ2v) is 7.12. The smallest absolute Gasteiger partial charge is 0.283 e. The van der Waals surface area contributed by atoms with Crippen LogP contribution in [-0.2, 0) is 4.79 Å². The van der Waals surface area contributed by atoms with Crippen LogP contribution in [0.2, 0.25) is 0 Å². The van der Waals surface area contributed by atoms with Crippen LogP contribution in [0.4, 0.5) is 0 Å². The molecule has 0 bridgehead atoms. The summed E-state index contributed by atoms with van der Waals surface area (Å²) >= 11 is 2.53. The molecule has 9 heteroatoms. The summed E-state index contributed by atoms with van der Waals surface area (Å²) in [6.45, 7) is 0. The summed E-state index contributed by atoms with van der Waals surface area (Å²) in [5.74, 6) is 0.427. The van der Waals surface area contributed by atoms with Crippen molar-refractivity contribution in [2.45, 2.75) is 0 Å². The van der Waals surface area contributed by atoms with Gasteiger partial charge in [-0.3, -0.25) is 10.2 Å². The van der Waals surface area contributed by atoms with Crippen LogP contribution in [0.5, 0.6) is 5.75 Å². The highest BCUT2D eigenvalue weighted by Crippen LogP contribution is 2.31. The molecule has 0 unspecified atom stereocenters. The van der Waals surface area contributed by atoms with Crippen molar-refractivity contribution in [2.24, 2.45) is 9.39 Å². The van der Waals surface area contributed by atoms with Crippen LogP contribution in [-0.4, -0.2) is 44.9 Å². The maximum atomic E-state index is 12.5. The Labute approximate surface area is 164 Å². The predicted octanol–water partition coefficient (Wildman–Crippen LogP) is 3.43. The lowest BCUT2D eigenvalue weighted by molar-refractivity contribution is -0.114. The third-order valence-corrected chi connectivity index (χ3v) is 5.56. The van der Waals surface area contributed by atoms with Gasteiger partial charge in [0.05, 0.1) is 24.6 Å². The van der Waals surface area contributed by atoms with Crippen molar-refractivity contribution in [3.8, 4) is 11.4 Å². The fourth-order valence-corrected chi connectivity index (χ4v) is 4.22. The average molecular weight is 397 g/mol. The highest BCUT2D eigenvalue weighted by molar-refractivity contribution is 8.18. The second-order valence-electron chi connectivity index (χ2n) is 5.61. The van der Waals surface area contributed by atoms with E-state index in [9.17, 15) is 4.79 Å². The van der Waals surface area contributed by atoms with E-state index in [1.807, 2.05) is 53.4 Å². The van der Waals surface area contributed by atoms with Crippen LogP contribution < -0.4 is 4.74 Å². The lowest BCUT2D eigenvalue weighted by Gasteiger charge is -2.23. The molecule has 0 radical (unpaired) electrons. The Morgan fingerprint density at radius 1 is 1.26 bits per heavy atom. The van der Waals surface area contributed by atoms with Gasteiger partial charge in [-0.1, -0.05) is 11.8 Å². The number of hydrogen-bond donors (Lipinski definition) is 1. The molecule has 0 fully saturated rings. The van der Waals surface area contributed by atoms with Gasteiger partial charge in [0.2, 0.25) is 5.17 Å². The van der Waals surface area contributed by atoms with Crippen LogP contribution in [0.25, 0.3) is 11.8 Å². The van der Waals surface area contributed by atoms with Crippen LogP contribution in [0.3, 0.4) is 0 Å². The van der Waals surface area contributed by atoms with Gasteiger partial charge in [0, 0.05) is 17.6 Å². The van der Waals surface area contributed by atoms with E-state index in [0.717, 1.165) is 29.1 Å². The van der Waals surface area contributed by atoms with E-state index in [4.69, 9.17) is 10.1 Å². The highest BCUT2D eigenvalue weighted by Gasteiger charge is 2.37. The Bertz CT molecular complexity index is 1020. The molecule has 1 aromatic heterocycles. The molecule has 1 aromatic carbocycles. The first-order chi connectivity index (χ1) is 13.1. The van der Waals surface area contributed by atoms with Crippen molar-refractivity contribution in [3.63, 3.8) is 0 Å². The number of benzene rings is 1. The van der Waals surface area contributed by atoms with Gasteiger partial charge in [-0.15, -0.1) is 0 Å². The van der Waals surface area contributed by atoms with Crippen molar-refractivity contribution < 1.29 is 9.53 Å². The van der Waals surface area contributed by atoms with E-state index in [2.05, 4.69) is 9.39 Å². The first-order valence-corrected chi connectivity index (χ1v) is 9.96. The Balaban J connectivity index is 1.72. The van der Waals surface area contributed by atoms with Gasteiger partial charge >= 0.3 is 0 Å². The van der Waals surface area contributed by atoms with E-state index >= 15 is 0 Å². The van der Waals surface area contributed by atoms with Crippen LogP contribution in [0.15, 0.2) is 57.6 Å². The lowest BCUT2D eigenvalue weighted by atomic mass is 10.1. The van der Waals surface area contributed by atoms with Crippen molar-refractivity contribution in [1.82, 2.24) is 9.47 Å². The summed E-state index contributed by atoms with van der Waals surface area (Å²) in [7, 11) is 1.62. The van der Waals surface area contributed by atoms with Gasteiger partial charge in [0.15, 0.2) is 5.17 Å². The molecule has 0 aliphatic carbocycles. The fraction of sp³-hybridized carbons (Fsp3) is 0.111. The minimum Gasteiger partial charge on any atom is -0.497 e. The number of carbonyl (C=O) groups is 1. The molecular formula is C18H15N5O2S2. The molecule has 2 aliphatic heterocycles. The molecule has 1 N–H and O–H groups in total. The van der Waals surface area contributed by atoms with Gasteiger partial charge in [-0.25, -0.2) is 4.90 Å². The monoisotopic (exact) mass is 397 g/mol. The standard InChI is InChI=1S/C18H15N5O2S2/c1-25-13-7-5-11(6-8-13)22-9-3-4-12(22)10-14-15(19)23-17(20-16(14)24)27-21-18(23)26-2/h3-10,19H,1-2H3/b14-10-,19-15?. The Kier molecular flexibility index (Phi) is 4.63.